The molecule has 0 spiro atoms. The van der Waals surface area contributed by atoms with Gasteiger partial charge in [0.15, 0.2) is 11.6 Å². The Kier molecular flexibility index (Phi) is 15.9. The van der Waals surface area contributed by atoms with Crippen LogP contribution in [0.1, 0.15) is 17.1 Å². The largest absolute Gasteiger partial charge is 0.468 e. The maximum absolute atomic E-state index is 12.1. The molecule has 4 aromatic heterocycles. The number of carbonyl (C=O) groups excluding carboxylic acids is 6. The van der Waals surface area contributed by atoms with Crippen LogP contribution in [-0.4, -0.2) is 167 Å². The zero-order valence-electron chi connectivity index (χ0n) is 32.4. The number of hydrogen-bond donors (Lipinski definition) is 0. The first-order valence-corrected chi connectivity index (χ1v) is 17.1. The van der Waals surface area contributed by atoms with Crippen LogP contribution >= 0.6 is 0 Å². The molecule has 0 aliphatic carbocycles. The number of nitrogens with zero attached hydrogens (tertiary/aromatic N) is 10. The molecule has 0 saturated carbocycles. The fraction of sp³-hybridized carbons (Fsp3) is 0.429. The predicted octanol–water partition coefficient (Wildman–Crippen LogP) is -0.917. The number of ether oxygens (including phenoxy) is 6. The molecule has 22 heteroatoms. The number of carbonyl (C=O) groups is 6. The summed E-state index contributed by atoms with van der Waals surface area (Å²) >= 11 is 0. The van der Waals surface area contributed by atoms with E-state index in [1.165, 1.54) is 66.7 Å². The number of pyridine rings is 1. The van der Waals surface area contributed by atoms with E-state index in [2.05, 4.69) is 15.3 Å². The van der Waals surface area contributed by atoms with Crippen LogP contribution in [0.15, 0.2) is 48.9 Å². The third-order valence-electron chi connectivity index (χ3n) is 8.09. The molecule has 0 aliphatic heterocycles. The minimum absolute atomic E-state index is 0.0933. The molecule has 4 aromatic rings. The van der Waals surface area contributed by atoms with Gasteiger partial charge in [-0.15, -0.1) is 0 Å². The Hall–Kier alpha value is -6.52. The molecule has 22 nitrogen and oxygen atoms in total. The summed E-state index contributed by atoms with van der Waals surface area (Å²) in [5.74, 6) is -2.64. The molecule has 57 heavy (non-hydrogen) atoms. The minimum atomic E-state index is -0.549. The molecule has 0 unspecified atom stereocenters. The fourth-order valence-electron chi connectivity index (χ4n) is 5.27. The second-order valence-electron chi connectivity index (χ2n) is 12.2. The summed E-state index contributed by atoms with van der Waals surface area (Å²) < 4.78 is 33.2. The van der Waals surface area contributed by atoms with Crippen LogP contribution in [0.4, 0.5) is 0 Å². The van der Waals surface area contributed by atoms with Gasteiger partial charge >= 0.3 is 35.8 Å². The average Bonchev–Trinajstić information content (AvgIpc) is 3.99. The summed E-state index contributed by atoms with van der Waals surface area (Å²) in [4.78, 5) is 81.7. The van der Waals surface area contributed by atoms with E-state index in [-0.39, 0.29) is 58.9 Å². The third kappa shape index (κ3) is 13.0. The topological polar surface area (TPSA) is 234 Å². The molecule has 0 bridgehead atoms. The van der Waals surface area contributed by atoms with Crippen LogP contribution in [0.25, 0.3) is 17.3 Å². The van der Waals surface area contributed by atoms with E-state index < -0.39 is 35.8 Å². The van der Waals surface area contributed by atoms with E-state index in [0.29, 0.717) is 34.4 Å². The fourth-order valence-corrected chi connectivity index (χ4v) is 5.27. The number of methoxy groups -OCH3 is 6. The number of esters is 6. The highest BCUT2D eigenvalue weighted by Crippen LogP contribution is 2.19. The molecule has 0 aromatic carbocycles. The Balaban J connectivity index is 1.71. The maximum atomic E-state index is 12.1. The van der Waals surface area contributed by atoms with E-state index in [1.807, 2.05) is 0 Å². The predicted molar refractivity (Wildman–Crippen MR) is 194 cm³/mol. The molecule has 4 heterocycles. The number of hydrogen-bond acceptors (Lipinski definition) is 19. The molecule has 0 radical (unpaired) electrons. The van der Waals surface area contributed by atoms with Gasteiger partial charge in [-0.25, -0.2) is 19.0 Å². The van der Waals surface area contributed by atoms with Gasteiger partial charge in [0.05, 0.1) is 105 Å². The third-order valence-corrected chi connectivity index (χ3v) is 8.09. The van der Waals surface area contributed by atoms with Gasteiger partial charge < -0.3 is 28.4 Å². The van der Waals surface area contributed by atoms with Crippen LogP contribution in [0.2, 0.25) is 0 Å². The average molecular weight is 797 g/mol. The SMILES string of the molecule is COC(=O)CN(CC(=O)OC)Cc1ccn(-c2cc(-n3ccc(CN(CC(=O)OC)CC(=O)OC)n3)nc(-n3ccc(CN(CC(=O)OC)CC(=O)OC)n3)c2)n1. The van der Waals surface area contributed by atoms with Crippen molar-refractivity contribution in [1.82, 2.24) is 49.0 Å². The second-order valence-corrected chi connectivity index (χ2v) is 12.2. The molecule has 4 rings (SSSR count). The van der Waals surface area contributed by atoms with Gasteiger partial charge in [-0.05, 0) is 18.2 Å². The van der Waals surface area contributed by atoms with Crippen LogP contribution in [0, 0.1) is 0 Å². The van der Waals surface area contributed by atoms with E-state index in [4.69, 9.17) is 33.4 Å². The van der Waals surface area contributed by atoms with Crippen molar-refractivity contribution >= 4 is 35.8 Å². The second kappa shape index (κ2) is 21.0. The van der Waals surface area contributed by atoms with E-state index in [9.17, 15) is 28.8 Å². The zero-order valence-corrected chi connectivity index (χ0v) is 32.4. The van der Waals surface area contributed by atoms with Crippen molar-refractivity contribution in [3.05, 3.63) is 66.0 Å². The lowest BCUT2D eigenvalue weighted by atomic mass is 10.3. The summed E-state index contributed by atoms with van der Waals surface area (Å²) in [6, 6.07) is 8.52. The molecule has 0 N–H and O–H groups in total. The molecule has 0 aliphatic rings. The van der Waals surface area contributed by atoms with Crippen molar-refractivity contribution < 1.29 is 57.2 Å². The quantitative estimate of drug-likeness (QED) is 0.0733. The summed E-state index contributed by atoms with van der Waals surface area (Å²) in [5, 5.41) is 14.0. The lowest BCUT2D eigenvalue weighted by Crippen LogP contribution is -2.35. The van der Waals surface area contributed by atoms with Gasteiger partial charge in [-0.2, -0.15) is 15.3 Å². The lowest BCUT2D eigenvalue weighted by molar-refractivity contribution is -0.147. The molecule has 0 saturated heterocycles. The molecule has 0 amide bonds. The Morgan fingerprint density at radius 1 is 0.456 bits per heavy atom. The summed E-state index contributed by atoms with van der Waals surface area (Å²) in [5.41, 5.74) is 2.01. The maximum Gasteiger partial charge on any atom is 0.319 e. The smallest absolute Gasteiger partial charge is 0.319 e. The van der Waals surface area contributed by atoms with E-state index in [0.717, 1.165) is 0 Å². The highest BCUT2D eigenvalue weighted by Gasteiger charge is 2.21. The summed E-state index contributed by atoms with van der Waals surface area (Å²) in [7, 11) is 7.48. The normalized spacial score (nSPS) is 11.1. The van der Waals surface area contributed by atoms with Crippen molar-refractivity contribution in [2.45, 2.75) is 19.6 Å². The van der Waals surface area contributed by atoms with Gasteiger partial charge in [0.2, 0.25) is 0 Å². The standard InChI is InChI=1S/C35H44N10O12/c1-52-30(46)18-40(19-31(47)53-2)15-24-7-10-43(37-24)27-13-28(44-11-8-25(38-44)16-41(20-32(48)54-3)21-33(49)55-4)36-29(14-27)45-12-9-26(39-45)17-42(22-34(50)56-5)23-35(51)57-6/h7-14H,15-23H2,1-6H3. The van der Waals surface area contributed by atoms with Crippen LogP contribution in [0.3, 0.4) is 0 Å². The van der Waals surface area contributed by atoms with Gasteiger partial charge in [0, 0.05) is 50.4 Å². The monoisotopic (exact) mass is 796 g/mol. The highest BCUT2D eigenvalue weighted by atomic mass is 16.5. The van der Waals surface area contributed by atoms with Crippen LogP contribution in [0.5, 0.6) is 0 Å². The Bertz CT molecular complexity index is 1730. The van der Waals surface area contributed by atoms with Crippen molar-refractivity contribution in [1.29, 1.82) is 0 Å². The minimum Gasteiger partial charge on any atom is -0.468 e. The first-order chi connectivity index (χ1) is 27.4. The molecular weight excluding hydrogens is 752 g/mol. The highest BCUT2D eigenvalue weighted by molar-refractivity contribution is 5.76. The van der Waals surface area contributed by atoms with Gasteiger partial charge in [0.25, 0.3) is 0 Å². The lowest BCUT2D eigenvalue weighted by Gasteiger charge is -2.18. The van der Waals surface area contributed by atoms with Gasteiger partial charge in [-0.1, -0.05) is 0 Å². The van der Waals surface area contributed by atoms with Crippen molar-refractivity contribution in [3.63, 3.8) is 0 Å². The summed E-state index contributed by atoms with van der Waals surface area (Å²) in [6.07, 6.45) is 4.99. The van der Waals surface area contributed by atoms with E-state index in [1.54, 1.807) is 53.6 Å². The summed E-state index contributed by atoms with van der Waals surface area (Å²) in [6.45, 7) is -0.822. The Morgan fingerprint density at radius 3 is 1.00 bits per heavy atom. The van der Waals surface area contributed by atoms with Crippen molar-refractivity contribution in [2.75, 3.05) is 81.9 Å². The first kappa shape index (κ1) is 43.2. The zero-order chi connectivity index (χ0) is 41.5. The van der Waals surface area contributed by atoms with Gasteiger partial charge in [0.1, 0.15) is 0 Å². The Labute approximate surface area is 326 Å². The Morgan fingerprint density at radius 2 is 0.719 bits per heavy atom. The molecule has 0 atom stereocenters. The van der Waals surface area contributed by atoms with Crippen LogP contribution < -0.4 is 0 Å². The molecular formula is C35H44N10O12. The number of rotatable bonds is 21. The molecule has 306 valence electrons. The van der Waals surface area contributed by atoms with Gasteiger partial charge in [-0.3, -0.25) is 43.5 Å². The molecule has 0 fully saturated rings. The van der Waals surface area contributed by atoms with Crippen LogP contribution in [-0.2, 0) is 76.8 Å². The van der Waals surface area contributed by atoms with E-state index >= 15 is 0 Å². The number of aromatic nitrogens is 7. The van der Waals surface area contributed by atoms with Crippen molar-refractivity contribution in [2.24, 2.45) is 0 Å². The van der Waals surface area contributed by atoms with Crippen molar-refractivity contribution in [3.8, 4) is 17.3 Å². The first-order valence-electron chi connectivity index (χ1n) is 17.1.